The van der Waals surface area contributed by atoms with Gasteiger partial charge in [0, 0.05) is 18.0 Å². The molecule has 0 saturated heterocycles. The van der Waals surface area contributed by atoms with Crippen molar-refractivity contribution >= 4 is 34.0 Å². The van der Waals surface area contributed by atoms with Gasteiger partial charge in [-0.25, -0.2) is 0 Å². The fourth-order valence-electron chi connectivity index (χ4n) is 2.38. The van der Waals surface area contributed by atoms with E-state index in [2.05, 4.69) is 15.5 Å². The van der Waals surface area contributed by atoms with Crippen molar-refractivity contribution in [2.75, 3.05) is 11.9 Å². The second-order valence-electron chi connectivity index (χ2n) is 5.45. The molecule has 0 saturated carbocycles. The minimum atomic E-state index is -0.543. The lowest BCUT2D eigenvalue weighted by atomic mass is 9.81. The number of carbonyl (C=O) groups is 1. The van der Waals surface area contributed by atoms with E-state index in [0.717, 1.165) is 10.6 Å². The van der Waals surface area contributed by atoms with Crippen LogP contribution in [0.2, 0.25) is 5.02 Å². The van der Waals surface area contributed by atoms with E-state index in [1.807, 2.05) is 38.1 Å². The Morgan fingerprint density at radius 1 is 1.35 bits per heavy atom. The number of benzene rings is 1. The lowest BCUT2D eigenvalue weighted by Gasteiger charge is -2.27. The van der Waals surface area contributed by atoms with Crippen LogP contribution in [-0.4, -0.2) is 22.6 Å². The molecule has 1 aromatic heterocycles. The van der Waals surface area contributed by atoms with E-state index in [4.69, 9.17) is 17.3 Å². The van der Waals surface area contributed by atoms with E-state index in [1.54, 1.807) is 0 Å². The molecule has 7 heteroatoms. The van der Waals surface area contributed by atoms with Crippen LogP contribution in [-0.2, 0) is 11.2 Å². The number of nitrogens with two attached hydrogens (primary N) is 1. The predicted octanol–water partition coefficient (Wildman–Crippen LogP) is 3.49. The minimum absolute atomic E-state index is 0.0875. The summed E-state index contributed by atoms with van der Waals surface area (Å²) in [4.78, 5) is 12.5. The van der Waals surface area contributed by atoms with Crippen LogP contribution >= 0.6 is 22.9 Å². The maximum absolute atomic E-state index is 12.5. The number of hydrogen-bond donors (Lipinski definition) is 2. The summed E-state index contributed by atoms with van der Waals surface area (Å²) in [6.45, 7) is 4.27. The van der Waals surface area contributed by atoms with Crippen molar-refractivity contribution < 1.29 is 4.79 Å². The van der Waals surface area contributed by atoms with Crippen molar-refractivity contribution in [1.29, 1.82) is 0 Å². The summed E-state index contributed by atoms with van der Waals surface area (Å²) in [6.07, 6.45) is 2.03. The number of amides is 1. The second-order valence-corrected chi connectivity index (χ2v) is 6.95. The quantitative estimate of drug-likeness (QED) is 0.799. The molecular weight excluding hydrogens is 332 g/mol. The Labute approximate surface area is 145 Å². The summed E-state index contributed by atoms with van der Waals surface area (Å²) >= 11 is 7.35. The molecule has 3 N–H and O–H groups in total. The van der Waals surface area contributed by atoms with Gasteiger partial charge in [-0.15, -0.1) is 10.2 Å². The van der Waals surface area contributed by atoms with E-state index in [1.165, 1.54) is 11.3 Å². The van der Waals surface area contributed by atoms with Crippen LogP contribution in [0.25, 0.3) is 0 Å². The van der Waals surface area contributed by atoms with Gasteiger partial charge in [-0.05, 0) is 30.5 Å². The van der Waals surface area contributed by atoms with Crippen LogP contribution in [0.3, 0.4) is 0 Å². The van der Waals surface area contributed by atoms with Crippen molar-refractivity contribution in [3.8, 4) is 0 Å². The Bertz CT molecular complexity index is 661. The first-order valence-electron chi connectivity index (χ1n) is 7.61. The molecule has 1 amide bonds. The molecule has 0 atom stereocenters. The first kappa shape index (κ1) is 17.8. The molecule has 1 aromatic carbocycles. The molecule has 0 unspecified atom stereocenters. The number of anilines is 1. The SMILES string of the molecule is CCC(CC)(CN)C(=O)Nc1nnc(Cc2cccc(Cl)c2)s1. The topological polar surface area (TPSA) is 80.9 Å². The van der Waals surface area contributed by atoms with E-state index >= 15 is 0 Å². The average molecular weight is 353 g/mol. The summed E-state index contributed by atoms with van der Waals surface area (Å²) in [5, 5.41) is 13.1. The first-order valence-corrected chi connectivity index (χ1v) is 8.80. The molecule has 23 heavy (non-hydrogen) atoms. The molecule has 2 aromatic rings. The van der Waals surface area contributed by atoms with Crippen LogP contribution < -0.4 is 11.1 Å². The Morgan fingerprint density at radius 3 is 2.70 bits per heavy atom. The van der Waals surface area contributed by atoms with E-state index in [-0.39, 0.29) is 5.91 Å². The van der Waals surface area contributed by atoms with Gasteiger partial charge in [0.2, 0.25) is 11.0 Å². The number of halogens is 1. The Kier molecular flexibility index (Phi) is 6.10. The monoisotopic (exact) mass is 352 g/mol. The average Bonchev–Trinajstić information content (AvgIpc) is 2.96. The highest BCUT2D eigenvalue weighted by atomic mass is 35.5. The van der Waals surface area contributed by atoms with Gasteiger partial charge in [-0.1, -0.05) is 48.9 Å². The van der Waals surface area contributed by atoms with Gasteiger partial charge in [0.15, 0.2) is 0 Å². The van der Waals surface area contributed by atoms with Crippen LogP contribution in [0.15, 0.2) is 24.3 Å². The minimum Gasteiger partial charge on any atom is -0.329 e. The van der Waals surface area contributed by atoms with Crippen LogP contribution in [0, 0.1) is 5.41 Å². The number of carbonyl (C=O) groups excluding carboxylic acids is 1. The van der Waals surface area contributed by atoms with Crippen LogP contribution in [0.1, 0.15) is 37.3 Å². The summed E-state index contributed by atoms with van der Waals surface area (Å²) < 4.78 is 0. The molecule has 0 spiro atoms. The largest absolute Gasteiger partial charge is 0.329 e. The third-order valence-corrected chi connectivity index (χ3v) is 5.23. The summed E-state index contributed by atoms with van der Waals surface area (Å²) in [6, 6.07) is 7.62. The molecule has 1 heterocycles. The van der Waals surface area contributed by atoms with Gasteiger partial charge in [0.25, 0.3) is 0 Å². The smallest absolute Gasteiger partial charge is 0.233 e. The maximum Gasteiger partial charge on any atom is 0.233 e. The third kappa shape index (κ3) is 4.28. The Morgan fingerprint density at radius 2 is 2.09 bits per heavy atom. The highest BCUT2D eigenvalue weighted by molar-refractivity contribution is 7.15. The molecule has 5 nitrogen and oxygen atoms in total. The van der Waals surface area contributed by atoms with Crippen molar-refractivity contribution in [3.63, 3.8) is 0 Å². The lowest BCUT2D eigenvalue weighted by Crippen LogP contribution is -2.41. The second kappa shape index (κ2) is 7.86. The predicted molar refractivity (Wildman–Crippen MR) is 94.9 cm³/mol. The molecule has 0 aliphatic rings. The van der Waals surface area contributed by atoms with Gasteiger partial charge in [0.1, 0.15) is 5.01 Å². The zero-order valence-electron chi connectivity index (χ0n) is 13.3. The zero-order chi connectivity index (χ0) is 16.9. The Balaban J connectivity index is 2.06. The van der Waals surface area contributed by atoms with Crippen LogP contribution in [0.5, 0.6) is 0 Å². The highest BCUT2D eigenvalue weighted by Gasteiger charge is 2.33. The zero-order valence-corrected chi connectivity index (χ0v) is 14.9. The number of nitrogens with zero attached hydrogens (tertiary/aromatic N) is 2. The van der Waals surface area contributed by atoms with Gasteiger partial charge in [-0.3, -0.25) is 10.1 Å². The van der Waals surface area contributed by atoms with Gasteiger partial charge < -0.3 is 5.73 Å². The third-order valence-electron chi connectivity index (χ3n) is 4.16. The van der Waals surface area contributed by atoms with E-state index in [9.17, 15) is 4.79 Å². The molecule has 0 radical (unpaired) electrons. The normalized spacial score (nSPS) is 11.5. The van der Waals surface area contributed by atoms with E-state index in [0.29, 0.717) is 36.0 Å². The molecule has 2 rings (SSSR count). The summed E-state index contributed by atoms with van der Waals surface area (Å²) in [7, 11) is 0. The van der Waals surface area contributed by atoms with Gasteiger partial charge in [-0.2, -0.15) is 0 Å². The van der Waals surface area contributed by atoms with Crippen molar-refractivity contribution in [1.82, 2.24) is 10.2 Å². The summed E-state index contributed by atoms with van der Waals surface area (Å²) in [5.41, 5.74) is 6.32. The highest BCUT2D eigenvalue weighted by Crippen LogP contribution is 2.28. The molecular formula is C16H21ClN4OS. The fraction of sp³-hybridized carbons (Fsp3) is 0.438. The maximum atomic E-state index is 12.5. The van der Waals surface area contributed by atoms with Gasteiger partial charge in [0.05, 0.1) is 5.41 Å². The molecule has 0 bridgehead atoms. The number of rotatable bonds is 7. The number of nitrogens with one attached hydrogen (secondary N) is 1. The molecule has 0 aliphatic heterocycles. The Hall–Kier alpha value is -1.50. The van der Waals surface area contributed by atoms with Crippen molar-refractivity contribution in [2.45, 2.75) is 33.1 Å². The van der Waals surface area contributed by atoms with Crippen LogP contribution in [0.4, 0.5) is 5.13 Å². The number of hydrogen-bond acceptors (Lipinski definition) is 5. The number of aromatic nitrogens is 2. The van der Waals surface area contributed by atoms with Crippen molar-refractivity contribution in [2.24, 2.45) is 11.1 Å². The molecule has 0 fully saturated rings. The summed E-state index contributed by atoms with van der Waals surface area (Å²) in [5.74, 6) is -0.0875. The molecule has 0 aliphatic carbocycles. The first-order chi connectivity index (χ1) is 11.0. The van der Waals surface area contributed by atoms with Gasteiger partial charge >= 0.3 is 0 Å². The standard InChI is InChI=1S/C16H21ClN4OS/c1-3-16(4-2,10-18)14(22)19-15-21-20-13(23-15)9-11-6-5-7-12(17)8-11/h5-8H,3-4,9-10,18H2,1-2H3,(H,19,21,22). The molecule has 124 valence electrons. The van der Waals surface area contributed by atoms with Crippen molar-refractivity contribution in [3.05, 3.63) is 39.9 Å². The van der Waals surface area contributed by atoms with E-state index < -0.39 is 5.41 Å². The lowest BCUT2D eigenvalue weighted by molar-refractivity contribution is -0.125. The fourth-order valence-corrected chi connectivity index (χ4v) is 3.36.